The van der Waals surface area contributed by atoms with Crippen LogP contribution < -0.4 is 5.11 Å². The van der Waals surface area contributed by atoms with E-state index in [1.165, 1.54) is 11.1 Å². The van der Waals surface area contributed by atoms with Crippen LogP contribution in [0.15, 0.2) is 0 Å². The zero-order valence-corrected chi connectivity index (χ0v) is 10.4. The second-order valence-corrected chi connectivity index (χ2v) is 10.7. The van der Waals surface area contributed by atoms with Crippen LogP contribution in [0.2, 0.25) is 23.8 Å². The van der Waals surface area contributed by atoms with Crippen molar-refractivity contribution in [3.8, 4) is 0 Å². The molecule has 2 nitrogen and oxygen atoms in total. The van der Waals surface area contributed by atoms with E-state index in [4.69, 9.17) is 0 Å². The van der Waals surface area contributed by atoms with Crippen LogP contribution in [-0.2, 0) is 4.79 Å². The summed E-state index contributed by atoms with van der Waals surface area (Å²) in [5.74, 6) is -0.995. The van der Waals surface area contributed by atoms with E-state index in [2.05, 4.69) is 41.3 Å². The Hall–Kier alpha value is 0.453. The summed E-state index contributed by atoms with van der Waals surface area (Å²) < 4.78 is 1.44. The van der Waals surface area contributed by atoms with Crippen molar-refractivity contribution in [2.75, 3.05) is 0 Å². The molecule has 0 N–H and O–H groups in total. The molecule has 0 saturated carbocycles. The van der Waals surface area contributed by atoms with Crippen LogP contribution in [-0.4, -0.2) is 35.8 Å². The summed E-state index contributed by atoms with van der Waals surface area (Å²) in [6, 6.07) is 0. The Labute approximate surface area is 82.8 Å². The molecule has 0 saturated heterocycles. The Bertz CT molecular complexity index is 109. The Morgan fingerprint density at radius 1 is 1.45 bits per heavy atom. The molecule has 0 spiro atoms. The molecule has 0 aromatic rings. The average Bonchev–Trinajstić information content (AvgIpc) is 1.88. The molecule has 0 aliphatic rings. The number of rotatable bonds is 2. The first-order valence-corrected chi connectivity index (χ1v) is 8.53. The van der Waals surface area contributed by atoms with Gasteiger partial charge in [-0.3, -0.25) is 0 Å². The fraction of sp³-hybridized carbons (Fsp3) is 0.857. The van der Waals surface area contributed by atoms with Gasteiger partial charge in [-0.1, -0.05) is 6.92 Å². The van der Waals surface area contributed by atoms with Gasteiger partial charge < -0.3 is 9.90 Å². The molecule has 0 unspecified atom stereocenters. The van der Waals surface area contributed by atoms with Crippen LogP contribution >= 0.6 is 0 Å². The standard InChI is InChI=1S/C4H11Si.C3H6O2.Mg/c1-5(2,3)4;1-2-3(4)5;/h1H2,2-4H3;2H2,1H3,(H,4,5);/q;;+1/p-1. The van der Waals surface area contributed by atoms with Crippen molar-refractivity contribution in [3.05, 3.63) is 0 Å². The third-order valence-corrected chi connectivity index (χ3v) is 7.04. The third-order valence-electron chi connectivity index (χ3n) is 1.04. The van der Waals surface area contributed by atoms with Crippen molar-refractivity contribution in [2.45, 2.75) is 37.2 Å². The molecule has 0 fully saturated rings. The monoisotopic (exact) mass is 184 g/mol. The third kappa shape index (κ3) is 25.1. The van der Waals surface area contributed by atoms with Crippen LogP contribution in [0.5, 0.6) is 0 Å². The topological polar surface area (TPSA) is 40.1 Å². The van der Waals surface area contributed by atoms with Gasteiger partial charge in [0.25, 0.3) is 0 Å². The van der Waals surface area contributed by atoms with E-state index in [1.807, 2.05) is 0 Å². The van der Waals surface area contributed by atoms with Crippen molar-refractivity contribution in [2.24, 2.45) is 0 Å². The molecule has 0 heterocycles. The van der Waals surface area contributed by atoms with E-state index in [1.54, 1.807) is 0 Å². The number of carboxylic acid groups (broad SMARTS) is 1. The summed E-state index contributed by atoms with van der Waals surface area (Å²) in [4.78, 5) is 9.26. The summed E-state index contributed by atoms with van der Waals surface area (Å²) in [5.41, 5.74) is 0. The molecule has 4 heteroatoms. The number of aliphatic carboxylic acids is 1. The van der Waals surface area contributed by atoms with E-state index >= 15 is 0 Å². The Kier molecular flexibility index (Phi) is 9.07. The van der Waals surface area contributed by atoms with Gasteiger partial charge in [-0.15, -0.1) is 0 Å². The number of carbonyl (C=O) groups is 1. The van der Waals surface area contributed by atoms with Crippen molar-refractivity contribution >= 4 is 35.8 Å². The number of hydrogen-bond donors (Lipinski definition) is 0. The molecule has 0 aromatic heterocycles. The molecular formula is C7H16MgO2Si. The molecular weight excluding hydrogens is 168 g/mol. The van der Waals surface area contributed by atoms with Crippen LogP contribution in [0.1, 0.15) is 13.3 Å². The number of carboxylic acids is 1. The molecule has 0 aliphatic carbocycles. The van der Waals surface area contributed by atoms with Crippen molar-refractivity contribution in [3.63, 3.8) is 0 Å². The second kappa shape index (κ2) is 7.12. The van der Waals surface area contributed by atoms with E-state index in [9.17, 15) is 9.90 Å². The number of hydrogen-bond acceptors (Lipinski definition) is 2. The van der Waals surface area contributed by atoms with Gasteiger partial charge in [-0.05, 0) is 6.42 Å². The summed E-state index contributed by atoms with van der Waals surface area (Å²) in [7, 11) is -0.619. The fourth-order valence-corrected chi connectivity index (χ4v) is 0. The molecule has 0 rings (SSSR count). The molecule has 11 heavy (non-hydrogen) atoms. The Balaban J connectivity index is 0. The summed E-state index contributed by atoms with van der Waals surface area (Å²) in [6.07, 6.45) is 0.111. The summed E-state index contributed by atoms with van der Waals surface area (Å²) in [5, 5.41) is 9.26. The second-order valence-electron chi connectivity index (χ2n) is 3.54. The Morgan fingerprint density at radius 2 is 1.64 bits per heavy atom. The van der Waals surface area contributed by atoms with Gasteiger partial charge in [0, 0.05) is 5.97 Å². The molecule has 0 bridgehead atoms. The first kappa shape index (κ1) is 14.0. The number of carbonyl (C=O) groups excluding carboxylic acids is 1. The van der Waals surface area contributed by atoms with Crippen molar-refractivity contribution in [1.82, 2.24) is 0 Å². The minimum atomic E-state index is -0.995. The van der Waals surface area contributed by atoms with Gasteiger partial charge in [-0.25, -0.2) is 0 Å². The van der Waals surface area contributed by atoms with Crippen LogP contribution in [0.3, 0.4) is 0 Å². The van der Waals surface area contributed by atoms with Gasteiger partial charge in [-0.2, -0.15) is 0 Å². The van der Waals surface area contributed by atoms with Gasteiger partial charge in [0.05, 0.1) is 0 Å². The van der Waals surface area contributed by atoms with Crippen molar-refractivity contribution < 1.29 is 9.90 Å². The zero-order chi connectivity index (χ0) is 9.49. The Morgan fingerprint density at radius 3 is 1.64 bits per heavy atom. The van der Waals surface area contributed by atoms with Gasteiger partial charge in [0.15, 0.2) is 0 Å². The maximum absolute atomic E-state index is 9.26. The normalized spacial score (nSPS) is 10.0. The molecule has 62 valence electrons. The van der Waals surface area contributed by atoms with E-state index in [-0.39, 0.29) is 6.42 Å². The fourth-order valence-electron chi connectivity index (χ4n) is 0. The predicted octanol–water partition coefficient (Wildman–Crippen LogP) is 0.597. The first-order valence-electron chi connectivity index (χ1n) is 3.82. The van der Waals surface area contributed by atoms with Gasteiger partial charge >= 0.3 is 53.6 Å². The van der Waals surface area contributed by atoms with Crippen LogP contribution in [0.25, 0.3) is 0 Å². The van der Waals surface area contributed by atoms with Gasteiger partial charge in [0.2, 0.25) is 0 Å². The van der Waals surface area contributed by atoms with E-state index < -0.39 is 14.0 Å². The molecule has 0 radical (unpaired) electrons. The summed E-state index contributed by atoms with van der Waals surface area (Å²) in [6.45, 7) is 8.70. The SMILES string of the molecule is CCC(=O)[O-].C[Si](C)(C)[CH2][Mg+]. The van der Waals surface area contributed by atoms with Gasteiger partial charge in [0.1, 0.15) is 0 Å². The molecule has 0 atom stereocenters. The maximum atomic E-state index is 9.26. The quantitative estimate of drug-likeness (QED) is 0.590. The summed E-state index contributed by atoms with van der Waals surface area (Å²) >= 11 is 2.10. The first-order chi connectivity index (χ1) is 4.83. The van der Waals surface area contributed by atoms with E-state index in [0.29, 0.717) is 0 Å². The average molecular weight is 185 g/mol. The zero-order valence-electron chi connectivity index (χ0n) is 7.94. The van der Waals surface area contributed by atoms with Crippen molar-refractivity contribution in [1.29, 1.82) is 0 Å². The predicted molar refractivity (Wildman–Crippen MR) is 49.2 cm³/mol. The molecule has 0 amide bonds. The molecule has 0 aromatic carbocycles. The molecule has 0 aliphatic heterocycles. The minimum absolute atomic E-state index is 0.111. The van der Waals surface area contributed by atoms with Crippen LogP contribution in [0.4, 0.5) is 0 Å². The van der Waals surface area contributed by atoms with Crippen LogP contribution in [0, 0.1) is 0 Å². The van der Waals surface area contributed by atoms with E-state index in [0.717, 1.165) is 0 Å².